The van der Waals surface area contributed by atoms with Crippen molar-refractivity contribution in [2.45, 2.75) is 19.3 Å². The Balaban J connectivity index is 0.00000441. The summed E-state index contributed by atoms with van der Waals surface area (Å²) in [7, 11) is 1.66. The molecule has 0 saturated heterocycles. The Kier molecular flexibility index (Phi) is 14.5. The van der Waals surface area contributed by atoms with Crippen LogP contribution < -0.4 is 11.1 Å². The van der Waals surface area contributed by atoms with Gasteiger partial charge in [-0.15, -0.1) is 24.0 Å². The molecule has 0 heterocycles. The summed E-state index contributed by atoms with van der Waals surface area (Å²) in [6.45, 7) is 3.60. The van der Waals surface area contributed by atoms with Crippen LogP contribution in [-0.2, 0) is 15.9 Å². The molecule has 0 aromatic heterocycles. The van der Waals surface area contributed by atoms with Crippen LogP contribution in [0.25, 0.3) is 0 Å². The van der Waals surface area contributed by atoms with Gasteiger partial charge in [-0.25, -0.2) is 0 Å². The van der Waals surface area contributed by atoms with Crippen LogP contribution in [0.5, 0.6) is 0 Å². The molecule has 22 heavy (non-hydrogen) atoms. The largest absolute Gasteiger partial charge is 0.383 e. The molecule has 0 saturated carbocycles. The number of rotatable bonds is 11. The average molecular weight is 421 g/mol. The quantitative estimate of drug-likeness (QED) is 0.249. The first kappa shape index (κ1) is 21.1. The molecule has 0 fully saturated rings. The fourth-order valence-electron chi connectivity index (χ4n) is 1.79. The molecule has 3 N–H and O–H groups in total. The average Bonchev–Trinajstić information content (AvgIpc) is 2.51. The monoisotopic (exact) mass is 421 g/mol. The Labute approximate surface area is 150 Å². The molecule has 0 amide bonds. The summed E-state index contributed by atoms with van der Waals surface area (Å²) in [6, 6.07) is 10.4. The zero-order chi connectivity index (χ0) is 15.2. The minimum Gasteiger partial charge on any atom is -0.383 e. The van der Waals surface area contributed by atoms with Crippen LogP contribution in [0.4, 0.5) is 0 Å². The molecule has 1 aromatic carbocycles. The number of ether oxygens (including phenoxy) is 2. The second kappa shape index (κ2) is 15.1. The zero-order valence-electron chi connectivity index (χ0n) is 13.3. The van der Waals surface area contributed by atoms with Crippen molar-refractivity contribution in [1.29, 1.82) is 0 Å². The van der Waals surface area contributed by atoms with Gasteiger partial charge in [0, 0.05) is 26.8 Å². The summed E-state index contributed by atoms with van der Waals surface area (Å²) in [6.07, 6.45) is 2.96. The van der Waals surface area contributed by atoms with Gasteiger partial charge in [0.25, 0.3) is 0 Å². The van der Waals surface area contributed by atoms with Crippen molar-refractivity contribution in [2.24, 2.45) is 10.7 Å². The van der Waals surface area contributed by atoms with E-state index in [-0.39, 0.29) is 24.0 Å². The number of hydrogen-bond donors (Lipinski definition) is 2. The van der Waals surface area contributed by atoms with E-state index < -0.39 is 0 Å². The lowest BCUT2D eigenvalue weighted by atomic mass is 10.2. The van der Waals surface area contributed by atoms with Crippen molar-refractivity contribution in [2.75, 3.05) is 40.0 Å². The summed E-state index contributed by atoms with van der Waals surface area (Å²) < 4.78 is 10.5. The summed E-state index contributed by atoms with van der Waals surface area (Å²) in [5.74, 6) is 0.483. The van der Waals surface area contributed by atoms with Gasteiger partial charge >= 0.3 is 0 Å². The van der Waals surface area contributed by atoms with E-state index in [0.29, 0.717) is 19.1 Å². The van der Waals surface area contributed by atoms with Crippen LogP contribution >= 0.6 is 24.0 Å². The highest BCUT2D eigenvalue weighted by Crippen LogP contribution is 2.00. The SMILES string of the molecule is COCCNC(N)=NCCCCOCCc1ccccc1.I. The maximum absolute atomic E-state index is 5.69. The van der Waals surface area contributed by atoms with Crippen LogP contribution in [0.1, 0.15) is 18.4 Å². The van der Waals surface area contributed by atoms with E-state index in [9.17, 15) is 0 Å². The summed E-state index contributed by atoms with van der Waals surface area (Å²) in [5.41, 5.74) is 7.01. The Morgan fingerprint density at radius 1 is 1.14 bits per heavy atom. The van der Waals surface area contributed by atoms with Gasteiger partial charge < -0.3 is 20.5 Å². The summed E-state index contributed by atoms with van der Waals surface area (Å²) >= 11 is 0. The fraction of sp³-hybridized carbons (Fsp3) is 0.562. The van der Waals surface area contributed by atoms with Gasteiger partial charge in [-0.05, 0) is 24.8 Å². The molecule has 0 aliphatic carbocycles. The molecule has 5 nitrogen and oxygen atoms in total. The Hall–Kier alpha value is -0.860. The van der Waals surface area contributed by atoms with Crippen molar-refractivity contribution >= 4 is 29.9 Å². The maximum atomic E-state index is 5.69. The second-order valence-electron chi connectivity index (χ2n) is 4.74. The van der Waals surface area contributed by atoms with Gasteiger partial charge in [-0.3, -0.25) is 4.99 Å². The minimum atomic E-state index is 0. The molecule has 0 radical (unpaired) electrons. The standard InChI is InChI=1S/C16H27N3O2.HI/c1-20-14-11-19-16(17)18-10-5-6-12-21-13-9-15-7-3-2-4-8-15;/h2-4,7-8H,5-6,9-14H2,1H3,(H3,17,18,19);1H. The van der Waals surface area contributed by atoms with Gasteiger partial charge in [0.05, 0.1) is 13.2 Å². The minimum absolute atomic E-state index is 0. The number of nitrogens with one attached hydrogen (secondary N) is 1. The lowest BCUT2D eigenvalue weighted by Gasteiger charge is -2.05. The molecular weight excluding hydrogens is 393 g/mol. The van der Waals surface area contributed by atoms with Crippen molar-refractivity contribution in [3.05, 3.63) is 35.9 Å². The predicted octanol–water partition coefficient (Wildman–Crippen LogP) is 2.19. The van der Waals surface area contributed by atoms with Gasteiger partial charge in [0.1, 0.15) is 0 Å². The lowest BCUT2D eigenvalue weighted by Crippen LogP contribution is -2.34. The molecule has 0 aliphatic rings. The number of methoxy groups -OCH3 is 1. The lowest BCUT2D eigenvalue weighted by molar-refractivity contribution is 0.134. The number of aliphatic imine (C=N–C) groups is 1. The van der Waals surface area contributed by atoms with Crippen LogP contribution in [0.3, 0.4) is 0 Å². The van der Waals surface area contributed by atoms with Crippen molar-refractivity contribution in [1.82, 2.24) is 5.32 Å². The molecule has 0 aliphatic heterocycles. The van der Waals surface area contributed by atoms with E-state index in [1.165, 1.54) is 5.56 Å². The molecule has 6 heteroatoms. The van der Waals surface area contributed by atoms with E-state index in [0.717, 1.165) is 39.0 Å². The van der Waals surface area contributed by atoms with Crippen molar-refractivity contribution in [3.63, 3.8) is 0 Å². The van der Waals surface area contributed by atoms with Gasteiger partial charge in [0.15, 0.2) is 5.96 Å². The van der Waals surface area contributed by atoms with E-state index in [4.69, 9.17) is 15.2 Å². The predicted molar refractivity (Wildman–Crippen MR) is 102 cm³/mol. The topological polar surface area (TPSA) is 68.9 Å². The van der Waals surface area contributed by atoms with Gasteiger partial charge in [-0.2, -0.15) is 0 Å². The number of nitrogens with two attached hydrogens (primary N) is 1. The molecule has 126 valence electrons. The third-order valence-corrected chi connectivity index (χ3v) is 2.97. The number of hydrogen-bond acceptors (Lipinski definition) is 3. The molecule has 0 bridgehead atoms. The maximum Gasteiger partial charge on any atom is 0.188 e. The number of benzene rings is 1. The molecular formula is C16H28IN3O2. The first-order chi connectivity index (χ1) is 10.3. The van der Waals surface area contributed by atoms with E-state index in [2.05, 4.69) is 34.6 Å². The Morgan fingerprint density at radius 2 is 1.91 bits per heavy atom. The van der Waals surface area contributed by atoms with Gasteiger partial charge in [0.2, 0.25) is 0 Å². The van der Waals surface area contributed by atoms with Crippen LogP contribution in [0.2, 0.25) is 0 Å². The van der Waals surface area contributed by atoms with Crippen LogP contribution in [0.15, 0.2) is 35.3 Å². The highest BCUT2D eigenvalue weighted by molar-refractivity contribution is 14.0. The number of guanidine groups is 1. The summed E-state index contributed by atoms with van der Waals surface area (Å²) in [5, 5.41) is 2.98. The van der Waals surface area contributed by atoms with Crippen molar-refractivity contribution in [3.8, 4) is 0 Å². The summed E-state index contributed by atoms with van der Waals surface area (Å²) in [4.78, 5) is 4.23. The van der Waals surface area contributed by atoms with E-state index >= 15 is 0 Å². The molecule has 1 rings (SSSR count). The number of nitrogens with zero attached hydrogens (tertiary/aromatic N) is 1. The number of unbranched alkanes of at least 4 members (excludes halogenated alkanes) is 1. The van der Waals surface area contributed by atoms with E-state index in [1.54, 1.807) is 7.11 Å². The second-order valence-corrected chi connectivity index (χ2v) is 4.74. The van der Waals surface area contributed by atoms with Crippen LogP contribution in [-0.4, -0.2) is 46.0 Å². The van der Waals surface area contributed by atoms with E-state index in [1.807, 2.05) is 6.07 Å². The van der Waals surface area contributed by atoms with Crippen LogP contribution in [0, 0.1) is 0 Å². The highest BCUT2D eigenvalue weighted by Gasteiger charge is 1.94. The smallest absolute Gasteiger partial charge is 0.188 e. The van der Waals surface area contributed by atoms with Gasteiger partial charge in [-0.1, -0.05) is 30.3 Å². The Bertz CT molecular complexity index is 388. The third-order valence-electron chi connectivity index (χ3n) is 2.97. The fourth-order valence-corrected chi connectivity index (χ4v) is 1.79. The third kappa shape index (κ3) is 11.8. The molecule has 0 atom stereocenters. The molecule has 0 unspecified atom stereocenters. The Morgan fingerprint density at radius 3 is 2.64 bits per heavy atom. The highest BCUT2D eigenvalue weighted by atomic mass is 127. The number of halogens is 1. The normalized spacial score (nSPS) is 11.0. The zero-order valence-corrected chi connectivity index (χ0v) is 15.6. The van der Waals surface area contributed by atoms with Crippen molar-refractivity contribution < 1.29 is 9.47 Å². The first-order valence-corrected chi connectivity index (χ1v) is 7.47. The first-order valence-electron chi connectivity index (χ1n) is 7.47. The molecule has 0 spiro atoms. The molecule has 1 aromatic rings.